The minimum Gasteiger partial charge on any atom is -0.497 e. The van der Waals surface area contributed by atoms with Gasteiger partial charge in [0.1, 0.15) is 48.6 Å². The molecule has 0 spiro atoms. The predicted octanol–water partition coefficient (Wildman–Crippen LogP) is 3.85. The molecule has 0 aromatic heterocycles. The van der Waals surface area contributed by atoms with E-state index < -0.39 is 97.7 Å². The molecular weight excluding hydrogens is 861 g/mol. The van der Waals surface area contributed by atoms with Gasteiger partial charge in [-0.25, -0.2) is 0 Å². The Hall–Kier alpha value is -5.63. The van der Waals surface area contributed by atoms with Crippen LogP contribution in [0.4, 0.5) is 0 Å². The van der Waals surface area contributed by atoms with Crippen molar-refractivity contribution in [3.63, 3.8) is 0 Å². The van der Waals surface area contributed by atoms with Gasteiger partial charge < -0.3 is 63.1 Å². The molecule has 3 N–H and O–H groups in total. The Morgan fingerprint density at radius 2 is 1.27 bits per heavy atom. The van der Waals surface area contributed by atoms with E-state index in [-0.39, 0.29) is 13.0 Å². The summed E-state index contributed by atoms with van der Waals surface area (Å²) in [6, 6.07) is 24.1. The number of benzene rings is 3. The lowest BCUT2D eigenvalue weighted by Gasteiger charge is -2.44. The largest absolute Gasteiger partial charge is 0.497 e. The van der Waals surface area contributed by atoms with Crippen molar-refractivity contribution in [1.29, 1.82) is 0 Å². The summed E-state index contributed by atoms with van der Waals surface area (Å²) in [5.74, 6) is -1.73. The molecule has 2 fully saturated rings. The molecule has 2 saturated heterocycles. The molecule has 18 nitrogen and oxygen atoms in total. The van der Waals surface area contributed by atoms with Gasteiger partial charge in [0, 0.05) is 47.3 Å². The van der Waals surface area contributed by atoms with Crippen molar-refractivity contribution < 1.29 is 76.4 Å². The molecule has 3 aromatic carbocycles. The highest BCUT2D eigenvalue weighted by molar-refractivity contribution is 5.77. The highest BCUT2D eigenvalue weighted by Crippen LogP contribution is 2.42. The average Bonchev–Trinajstić information content (AvgIpc) is 3.66. The van der Waals surface area contributed by atoms with Gasteiger partial charge in [-0.2, -0.15) is 0 Å². The standard InChI is InChI=1S/C48H62N2O16/c1-30(51)50-44-46(64-33(4)54)45(63-32(3)53)41(27-60-31(2)52)66-47(44)61-29-42(56)49-24-12-7-8-13-25-59-43-26-39(55)40(65-43)28-62-48(34-14-10-9-11-15-34,35-16-20-37(57-5)21-17-35)36-18-22-38(58-6)23-19-36/h9-11,14-23,39-41,43-47,55H,7-8,12-13,24-29H2,1-6H3,(H,49,56)(H,50,51)/t39-,40+,41+,43+,44+,45-,46+,47+/m0/s1. The van der Waals surface area contributed by atoms with E-state index in [0.29, 0.717) is 31.1 Å². The van der Waals surface area contributed by atoms with Gasteiger partial charge in [0.05, 0.1) is 26.9 Å². The van der Waals surface area contributed by atoms with Crippen LogP contribution in [0.1, 0.15) is 76.5 Å². The molecule has 5 rings (SSSR count). The monoisotopic (exact) mass is 922 g/mol. The number of ether oxygens (including phenoxy) is 10. The van der Waals surface area contributed by atoms with Gasteiger partial charge in [0.15, 0.2) is 24.8 Å². The first kappa shape index (κ1) is 51.4. The Labute approximate surface area is 384 Å². The number of hydrogen-bond acceptors (Lipinski definition) is 16. The fourth-order valence-electron chi connectivity index (χ4n) is 7.89. The molecule has 0 saturated carbocycles. The molecule has 2 aliphatic heterocycles. The predicted molar refractivity (Wildman–Crippen MR) is 235 cm³/mol. The highest BCUT2D eigenvalue weighted by atomic mass is 16.7. The van der Waals surface area contributed by atoms with Crippen LogP contribution >= 0.6 is 0 Å². The quantitative estimate of drug-likeness (QED) is 0.0503. The lowest BCUT2D eigenvalue weighted by Crippen LogP contribution is -2.66. The van der Waals surface area contributed by atoms with Crippen molar-refractivity contribution in [3.8, 4) is 11.5 Å². The van der Waals surface area contributed by atoms with Crippen molar-refractivity contribution in [3.05, 3.63) is 95.6 Å². The summed E-state index contributed by atoms with van der Waals surface area (Å²) >= 11 is 0. The van der Waals surface area contributed by atoms with Gasteiger partial charge in [0.2, 0.25) is 11.8 Å². The van der Waals surface area contributed by atoms with Gasteiger partial charge in [-0.3, -0.25) is 24.0 Å². The summed E-state index contributed by atoms with van der Waals surface area (Å²) in [5.41, 5.74) is 1.54. The number of unbranched alkanes of at least 4 members (excludes halogenated alkanes) is 3. The third kappa shape index (κ3) is 14.4. The van der Waals surface area contributed by atoms with E-state index in [4.69, 9.17) is 47.4 Å². The first-order valence-corrected chi connectivity index (χ1v) is 22.0. The van der Waals surface area contributed by atoms with Crippen molar-refractivity contribution in [2.45, 2.75) is 115 Å². The summed E-state index contributed by atoms with van der Waals surface area (Å²) < 4.78 is 57.7. The molecule has 66 heavy (non-hydrogen) atoms. The van der Waals surface area contributed by atoms with Crippen LogP contribution in [0, 0.1) is 0 Å². The van der Waals surface area contributed by atoms with E-state index in [1.807, 2.05) is 78.9 Å². The van der Waals surface area contributed by atoms with Crippen molar-refractivity contribution in [1.82, 2.24) is 10.6 Å². The second-order valence-electron chi connectivity index (χ2n) is 15.9. The average molecular weight is 923 g/mol. The first-order chi connectivity index (χ1) is 31.7. The number of aliphatic hydroxyl groups excluding tert-OH is 1. The highest BCUT2D eigenvalue weighted by Gasteiger charge is 2.51. The maximum atomic E-state index is 12.8. The number of aliphatic hydroxyl groups is 1. The first-order valence-electron chi connectivity index (χ1n) is 22.0. The minimum absolute atomic E-state index is 0.0657. The third-order valence-corrected chi connectivity index (χ3v) is 11.0. The van der Waals surface area contributed by atoms with Crippen LogP contribution in [-0.4, -0.2) is 131 Å². The van der Waals surface area contributed by atoms with E-state index in [0.717, 1.165) is 49.8 Å². The van der Waals surface area contributed by atoms with Crippen molar-refractivity contribution in [2.75, 3.05) is 47.2 Å². The Bertz CT molecular complexity index is 1970. The summed E-state index contributed by atoms with van der Waals surface area (Å²) in [6.07, 6.45) is -3.94. The smallest absolute Gasteiger partial charge is 0.303 e. The van der Waals surface area contributed by atoms with Crippen molar-refractivity contribution in [2.24, 2.45) is 0 Å². The maximum Gasteiger partial charge on any atom is 0.303 e. The van der Waals surface area contributed by atoms with Crippen LogP contribution < -0.4 is 20.1 Å². The number of carbonyl (C=O) groups excluding carboxylic acids is 5. The van der Waals surface area contributed by atoms with Crippen LogP contribution in [0.2, 0.25) is 0 Å². The zero-order valence-corrected chi connectivity index (χ0v) is 38.3. The van der Waals surface area contributed by atoms with Gasteiger partial charge in [-0.1, -0.05) is 67.4 Å². The Balaban J connectivity index is 1.08. The van der Waals surface area contributed by atoms with Gasteiger partial charge in [-0.05, 0) is 53.8 Å². The van der Waals surface area contributed by atoms with E-state index in [9.17, 15) is 29.1 Å². The maximum absolute atomic E-state index is 12.8. The van der Waals surface area contributed by atoms with Crippen LogP contribution in [0.5, 0.6) is 11.5 Å². The molecule has 2 amide bonds. The number of esters is 3. The summed E-state index contributed by atoms with van der Waals surface area (Å²) in [6.45, 7) is 4.60. The lowest BCUT2D eigenvalue weighted by atomic mass is 9.80. The van der Waals surface area contributed by atoms with Gasteiger partial charge in [-0.15, -0.1) is 0 Å². The zero-order valence-electron chi connectivity index (χ0n) is 38.3. The molecule has 8 atom stereocenters. The number of nitrogens with one attached hydrogen (secondary N) is 2. The SMILES string of the molecule is COc1ccc(C(OC[C@H]2O[C@@H](OCCCCCCNC(=O)CO[C@@H]3O[C@H](COC(C)=O)[C@H](OC(C)=O)[C@H](OC(C)=O)[C@H]3NC(C)=O)C[C@@H]2O)(c2ccccc2)c2ccc(OC)cc2)cc1. The number of carbonyl (C=O) groups is 5. The second kappa shape index (κ2) is 25.3. The third-order valence-electron chi connectivity index (χ3n) is 11.0. The van der Waals surface area contributed by atoms with Crippen LogP contribution in [0.3, 0.4) is 0 Å². The van der Waals surface area contributed by atoms with Gasteiger partial charge >= 0.3 is 17.9 Å². The fourth-order valence-corrected chi connectivity index (χ4v) is 7.89. The fraction of sp³-hybridized carbons (Fsp3) is 0.521. The number of rotatable bonds is 24. The molecule has 0 bridgehead atoms. The van der Waals surface area contributed by atoms with Crippen LogP contribution in [0.25, 0.3) is 0 Å². The molecule has 18 heteroatoms. The molecule has 2 aliphatic rings. The Morgan fingerprint density at radius 1 is 0.682 bits per heavy atom. The Kier molecular flexibility index (Phi) is 19.7. The molecular formula is C48H62N2O16. The van der Waals surface area contributed by atoms with Crippen molar-refractivity contribution >= 4 is 29.7 Å². The lowest BCUT2D eigenvalue weighted by molar-refractivity contribution is -0.276. The summed E-state index contributed by atoms with van der Waals surface area (Å²) in [5, 5.41) is 16.5. The zero-order chi connectivity index (χ0) is 47.6. The van der Waals surface area contributed by atoms with E-state index >= 15 is 0 Å². The molecule has 0 aliphatic carbocycles. The number of methoxy groups -OCH3 is 2. The normalized spacial score (nSPS) is 22.7. The topological polar surface area (TPSA) is 222 Å². The minimum atomic E-state index is -1.36. The number of hydrogen-bond donors (Lipinski definition) is 3. The van der Waals surface area contributed by atoms with E-state index in [2.05, 4.69) is 10.6 Å². The Morgan fingerprint density at radius 3 is 1.85 bits per heavy atom. The number of amides is 2. The van der Waals surface area contributed by atoms with E-state index in [1.54, 1.807) is 14.2 Å². The molecule has 3 aromatic rings. The summed E-state index contributed by atoms with van der Waals surface area (Å²) in [7, 11) is 3.23. The summed E-state index contributed by atoms with van der Waals surface area (Å²) in [4.78, 5) is 60.6. The van der Waals surface area contributed by atoms with Gasteiger partial charge in [0.25, 0.3) is 0 Å². The van der Waals surface area contributed by atoms with Crippen LogP contribution in [0.15, 0.2) is 78.9 Å². The molecule has 0 radical (unpaired) electrons. The molecule has 2 heterocycles. The van der Waals surface area contributed by atoms with E-state index in [1.165, 1.54) is 13.8 Å². The second-order valence-corrected chi connectivity index (χ2v) is 15.9. The molecule has 0 unspecified atom stereocenters. The molecule has 360 valence electrons. The van der Waals surface area contributed by atoms with Crippen LogP contribution in [-0.2, 0) is 67.5 Å².